The van der Waals surface area contributed by atoms with E-state index in [1.807, 2.05) is 32.9 Å². The van der Waals surface area contributed by atoms with Crippen molar-refractivity contribution >= 4 is 27.5 Å². The fraction of sp³-hybridized carbons (Fsp3) is 0.300. The average Bonchev–Trinajstić information content (AvgIpc) is 3.01. The number of carbonyl (C=O) groups excluding carboxylic acids is 2. The van der Waals surface area contributed by atoms with Crippen LogP contribution in [0, 0.1) is 20.8 Å². The molecule has 6 nitrogen and oxygen atoms in total. The van der Waals surface area contributed by atoms with Gasteiger partial charge in [0.1, 0.15) is 6.04 Å². The number of hydrogen-bond donors (Lipinski definition) is 1. The molecule has 1 N–H and O–H groups in total. The summed E-state index contributed by atoms with van der Waals surface area (Å²) in [4.78, 5) is 25.0. The second-order valence-electron chi connectivity index (χ2n) is 6.85. The number of nitrogens with one attached hydrogen (secondary N) is 1. The predicted octanol–water partition coefficient (Wildman–Crippen LogP) is 2.93. The maximum Gasteiger partial charge on any atom is 0.267 e. The van der Waals surface area contributed by atoms with Gasteiger partial charge in [0.05, 0.1) is 4.90 Å². The molecule has 1 aliphatic rings. The molecule has 27 heavy (non-hydrogen) atoms. The number of sulfonamides is 1. The van der Waals surface area contributed by atoms with Crippen molar-refractivity contribution in [1.29, 1.82) is 0 Å². The lowest BCUT2D eigenvalue weighted by molar-refractivity contribution is -0.128. The van der Waals surface area contributed by atoms with Gasteiger partial charge >= 0.3 is 0 Å². The summed E-state index contributed by atoms with van der Waals surface area (Å²) >= 11 is 0. The van der Waals surface area contributed by atoms with Crippen LogP contribution >= 0.6 is 0 Å². The van der Waals surface area contributed by atoms with Gasteiger partial charge < -0.3 is 5.32 Å². The molecule has 2 aromatic rings. The number of carbonyl (C=O) groups is 2. The second-order valence-corrected chi connectivity index (χ2v) is 8.67. The normalized spacial score (nSPS) is 17.2. The Morgan fingerprint density at radius 3 is 2.33 bits per heavy atom. The predicted molar refractivity (Wildman–Crippen MR) is 103 cm³/mol. The maximum atomic E-state index is 12.9. The Morgan fingerprint density at radius 1 is 1.04 bits per heavy atom. The molecule has 0 spiro atoms. The van der Waals surface area contributed by atoms with Crippen LogP contribution in [-0.2, 0) is 19.6 Å². The van der Waals surface area contributed by atoms with Crippen molar-refractivity contribution in [1.82, 2.24) is 4.31 Å². The zero-order chi connectivity index (χ0) is 19.8. The molecule has 0 bridgehead atoms. The van der Waals surface area contributed by atoms with Crippen LogP contribution < -0.4 is 5.32 Å². The fourth-order valence-corrected chi connectivity index (χ4v) is 4.67. The van der Waals surface area contributed by atoms with Crippen molar-refractivity contribution in [3.63, 3.8) is 0 Å². The molecule has 1 saturated heterocycles. The van der Waals surface area contributed by atoms with Gasteiger partial charge in [0.2, 0.25) is 11.8 Å². The second kappa shape index (κ2) is 7.15. The lowest BCUT2D eigenvalue weighted by Crippen LogP contribution is -2.45. The molecular weight excluding hydrogens is 364 g/mol. The smallest absolute Gasteiger partial charge is 0.267 e. The van der Waals surface area contributed by atoms with E-state index in [2.05, 4.69) is 5.32 Å². The first kappa shape index (κ1) is 19.1. The molecule has 2 aromatic carbocycles. The van der Waals surface area contributed by atoms with Crippen LogP contribution in [0.3, 0.4) is 0 Å². The molecule has 1 unspecified atom stereocenters. The van der Waals surface area contributed by atoms with Crippen molar-refractivity contribution in [3.8, 4) is 0 Å². The molecule has 3 rings (SSSR count). The molecule has 1 heterocycles. The average molecular weight is 386 g/mol. The van der Waals surface area contributed by atoms with E-state index in [0.29, 0.717) is 5.69 Å². The largest absolute Gasteiger partial charge is 0.324 e. The van der Waals surface area contributed by atoms with Gasteiger partial charge in [-0.3, -0.25) is 9.59 Å². The number of benzene rings is 2. The SMILES string of the molecule is Cc1ccc(S(=O)(=O)N2C(=O)CCC2C(=O)Nc2ccc(C)c(C)c2)cc1. The van der Waals surface area contributed by atoms with E-state index < -0.39 is 27.9 Å². The van der Waals surface area contributed by atoms with Gasteiger partial charge in [-0.25, -0.2) is 12.7 Å². The molecule has 7 heteroatoms. The van der Waals surface area contributed by atoms with Crippen LogP contribution in [0.5, 0.6) is 0 Å². The maximum absolute atomic E-state index is 12.9. The van der Waals surface area contributed by atoms with Crippen molar-refractivity contribution in [2.75, 3.05) is 5.32 Å². The van der Waals surface area contributed by atoms with Crippen molar-refractivity contribution in [2.24, 2.45) is 0 Å². The first-order valence-electron chi connectivity index (χ1n) is 8.72. The standard InChI is InChI=1S/C20H22N2O4S/c1-13-4-8-17(9-5-13)27(25,26)22-18(10-11-19(22)23)20(24)21-16-7-6-14(2)15(3)12-16/h4-9,12,18H,10-11H2,1-3H3,(H,21,24). The van der Waals surface area contributed by atoms with E-state index >= 15 is 0 Å². The molecule has 0 aliphatic carbocycles. The summed E-state index contributed by atoms with van der Waals surface area (Å²) in [6.45, 7) is 5.74. The van der Waals surface area contributed by atoms with E-state index in [1.54, 1.807) is 18.2 Å². The summed E-state index contributed by atoms with van der Waals surface area (Å²) in [5.41, 5.74) is 3.59. The molecule has 0 radical (unpaired) electrons. The van der Waals surface area contributed by atoms with Crippen LogP contribution in [0.2, 0.25) is 0 Å². The van der Waals surface area contributed by atoms with Gasteiger partial charge in [-0.15, -0.1) is 0 Å². The van der Waals surface area contributed by atoms with Gasteiger partial charge in [-0.1, -0.05) is 23.8 Å². The van der Waals surface area contributed by atoms with E-state index in [-0.39, 0.29) is 17.7 Å². The Balaban J connectivity index is 1.88. The minimum atomic E-state index is -4.08. The first-order valence-corrected chi connectivity index (χ1v) is 10.2. The van der Waals surface area contributed by atoms with Crippen LogP contribution in [0.1, 0.15) is 29.5 Å². The minimum Gasteiger partial charge on any atom is -0.324 e. The summed E-state index contributed by atoms with van der Waals surface area (Å²) < 4.78 is 26.6. The minimum absolute atomic E-state index is 0.00679. The van der Waals surface area contributed by atoms with E-state index in [1.165, 1.54) is 12.1 Å². The first-order chi connectivity index (χ1) is 12.7. The zero-order valence-electron chi connectivity index (χ0n) is 15.5. The number of amides is 2. The Kier molecular flexibility index (Phi) is 5.06. The Morgan fingerprint density at radius 2 is 1.70 bits per heavy atom. The number of anilines is 1. The third-order valence-electron chi connectivity index (χ3n) is 4.82. The number of nitrogens with zero attached hydrogens (tertiary/aromatic N) is 1. The lowest BCUT2D eigenvalue weighted by Gasteiger charge is -2.24. The zero-order valence-corrected chi connectivity index (χ0v) is 16.3. The van der Waals surface area contributed by atoms with Crippen molar-refractivity contribution in [3.05, 3.63) is 59.2 Å². The number of aryl methyl sites for hydroxylation is 3. The third-order valence-corrected chi connectivity index (χ3v) is 6.66. The third kappa shape index (κ3) is 3.73. The highest BCUT2D eigenvalue weighted by Gasteiger charge is 2.44. The van der Waals surface area contributed by atoms with Crippen LogP contribution in [-0.4, -0.2) is 30.6 Å². The molecule has 1 aliphatic heterocycles. The van der Waals surface area contributed by atoms with Gasteiger partial charge in [0, 0.05) is 12.1 Å². The Hall–Kier alpha value is -2.67. The van der Waals surface area contributed by atoms with Gasteiger partial charge in [0.25, 0.3) is 10.0 Å². The van der Waals surface area contributed by atoms with Gasteiger partial charge in [-0.2, -0.15) is 0 Å². The topological polar surface area (TPSA) is 83.6 Å². The van der Waals surface area contributed by atoms with Crippen LogP contribution in [0.15, 0.2) is 47.4 Å². The lowest BCUT2D eigenvalue weighted by atomic mass is 10.1. The summed E-state index contributed by atoms with van der Waals surface area (Å²) in [5.74, 6) is -1.06. The molecule has 0 saturated carbocycles. The van der Waals surface area contributed by atoms with Gasteiger partial charge in [-0.05, 0) is 62.6 Å². The Labute approximate surface area is 159 Å². The summed E-state index contributed by atoms with van der Waals surface area (Å²) in [6.07, 6.45) is 0.191. The monoisotopic (exact) mass is 386 g/mol. The number of rotatable bonds is 4. The molecule has 142 valence electrons. The number of hydrogen-bond acceptors (Lipinski definition) is 4. The van der Waals surface area contributed by atoms with Crippen LogP contribution in [0.25, 0.3) is 0 Å². The summed E-state index contributed by atoms with van der Waals surface area (Å²) in [5, 5.41) is 2.74. The van der Waals surface area contributed by atoms with E-state index in [4.69, 9.17) is 0 Å². The van der Waals surface area contributed by atoms with Crippen molar-refractivity contribution in [2.45, 2.75) is 44.6 Å². The summed E-state index contributed by atoms with van der Waals surface area (Å²) in [7, 11) is -4.08. The molecule has 1 atom stereocenters. The highest BCUT2D eigenvalue weighted by atomic mass is 32.2. The van der Waals surface area contributed by atoms with Crippen molar-refractivity contribution < 1.29 is 18.0 Å². The quantitative estimate of drug-likeness (QED) is 0.876. The Bertz CT molecular complexity index is 997. The fourth-order valence-electron chi connectivity index (χ4n) is 3.07. The van der Waals surface area contributed by atoms with E-state index in [9.17, 15) is 18.0 Å². The molecule has 2 amide bonds. The highest BCUT2D eigenvalue weighted by Crippen LogP contribution is 2.28. The van der Waals surface area contributed by atoms with Crippen LogP contribution in [0.4, 0.5) is 5.69 Å². The van der Waals surface area contributed by atoms with E-state index in [0.717, 1.165) is 21.0 Å². The summed E-state index contributed by atoms with van der Waals surface area (Å²) in [6, 6.07) is 10.6. The highest BCUT2D eigenvalue weighted by molar-refractivity contribution is 7.89. The molecule has 1 fully saturated rings. The molecule has 0 aromatic heterocycles. The van der Waals surface area contributed by atoms with Gasteiger partial charge in [0.15, 0.2) is 0 Å². The molecular formula is C20H22N2O4S.